The molecule has 1 aromatic rings. The van der Waals surface area contributed by atoms with Crippen molar-refractivity contribution in [3.63, 3.8) is 0 Å². The van der Waals surface area contributed by atoms with Crippen LogP contribution < -0.4 is 15.8 Å². The lowest BCUT2D eigenvalue weighted by Gasteiger charge is -2.22. The summed E-state index contributed by atoms with van der Waals surface area (Å²) >= 11 is 5.13. The Bertz CT molecular complexity index is 846. The molecule has 0 spiro atoms. The van der Waals surface area contributed by atoms with Gasteiger partial charge in [0.15, 0.2) is 0 Å². The molecule has 29 heavy (non-hydrogen) atoms. The number of carbonyl (C=O) groups is 3. The van der Waals surface area contributed by atoms with E-state index in [9.17, 15) is 27.2 Å². The number of halogens is 2. The number of ketones is 1. The number of alkyl halides is 2. The summed E-state index contributed by atoms with van der Waals surface area (Å²) in [5.74, 6) is -3.18. The van der Waals surface area contributed by atoms with Crippen LogP contribution in [0.2, 0.25) is 0 Å². The first-order chi connectivity index (χ1) is 13.6. The van der Waals surface area contributed by atoms with Crippen LogP contribution in [0, 0.1) is 5.92 Å². The highest BCUT2D eigenvalue weighted by Crippen LogP contribution is 2.33. The van der Waals surface area contributed by atoms with Crippen LogP contribution in [0.5, 0.6) is 0 Å². The minimum Gasteiger partial charge on any atom is -0.370 e. The Morgan fingerprint density at radius 1 is 1.17 bits per heavy atom. The summed E-state index contributed by atoms with van der Waals surface area (Å²) in [5.41, 5.74) is 3.14. The average molecular weight is 448 g/mol. The fourth-order valence-electron chi connectivity index (χ4n) is 2.80. The predicted octanol–water partition coefficient (Wildman–Crippen LogP) is 0.738. The standard InChI is InChI=1S/C18H23ClFN3O5S/c19-17(20)16(25)13(9-15(21)24)22-18(26)14(8-11-6-7-11)23-29(27,28)10-12-4-2-1-3-5-12/h1-5,11,13-14,17,23H,6-10H2,(H2,21,24)(H,22,26)/t13?,14-,17?/m0/s1. The molecule has 0 saturated heterocycles. The second kappa shape index (κ2) is 10.1. The van der Waals surface area contributed by atoms with Crippen molar-refractivity contribution in [2.75, 3.05) is 0 Å². The molecule has 0 radical (unpaired) electrons. The zero-order valence-corrected chi connectivity index (χ0v) is 17.1. The van der Waals surface area contributed by atoms with Crippen LogP contribution in [0.15, 0.2) is 30.3 Å². The van der Waals surface area contributed by atoms with Gasteiger partial charge in [-0.25, -0.2) is 17.5 Å². The van der Waals surface area contributed by atoms with Gasteiger partial charge in [-0.1, -0.05) is 54.8 Å². The number of benzene rings is 1. The van der Waals surface area contributed by atoms with Gasteiger partial charge in [0.1, 0.15) is 12.1 Å². The van der Waals surface area contributed by atoms with E-state index in [1.165, 1.54) is 0 Å². The Morgan fingerprint density at radius 3 is 2.31 bits per heavy atom. The van der Waals surface area contributed by atoms with Crippen LogP contribution in [-0.4, -0.2) is 43.7 Å². The third-order valence-electron chi connectivity index (χ3n) is 4.38. The summed E-state index contributed by atoms with van der Waals surface area (Å²) in [7, 11) is -3.88. The number of hydrogen-bond acceptors (Lipinski definition) is 5. The first-order valence-corrected chi connectivity index (χ1v) is 11.1. The molecule has 4 N–H and O–H groups in total. The first kappa shape index (κ1) is 23.2. The van der Waals surface area contributed by atoms with Gasteiger partial charge in [-0.2, -0.15) is 0 Å². The summed E-state index contributed by atoms with van der Waals surface area (Å²) < 4.78 is 40.5. The third kappa shape index (κ3) is 8.08. The zero-order valence-electron chi connectivity index (χ0n) is 15.5. The molecule has 1 saturated carbocycles. The summed E-state index contributed by atoms with van der Waals surface area (Å²) in [5, 5.41) is 2.21. The maximum absolute atomic E-state index is 13.2. The number of carbonyl (C=O) groups excluding carboxylic acids is 3. The summed E-state index contributed by atoms with van der Waals surface area (Å²) in [6, 6.07) is 5.66. The largest absolute Gasteiger partial charge is 0.370 e. The quantitative estimate of drug-likeness (QED) is 0.406. The van der Waals surface area contributed by atoms with Crippen molar-refractivity contribution in [2.45, 2.75) is 49.2 Å². The van der Waals surface area contributed by atoms with Gasteiger partial charge in [-0.05, 0) is 17.9 Å². The number of sulfonamides is 1. The molecule has 1 aromatic carbocycles. The molecular formula is C18H23ClFN3O5S. The van der Waals surface area contributed by atoms with Gasteiger partial charge >= 0.3 is 0 Å². The Labute approximate surface area is 173 Å². The van der Waals surface area contributed by atoms with Crippen molar-refractivity contribution in [1.29, 1.82) is 0 Å². The predicted molar refractivity (Wildman–Crippen MR) is 105 cm³/mol. The number of hydrogen-bond donors (Lipinski definition) is 3. The first-order valence-electron chi connectivity index (χ1n) is 9.02. The molecule has 1 aliphatic rings. The minimum atomic E-state index is -3.88. The number of nitrogens with two attached hydrogens (primary N) is 1. The number of amides is 2. The molecule has 1 aliphatic carbocycles. The minimum absolute atomic E-state index is 0.164. The van der Waals surface area contributed by atoms with Crippen LogP contribution >= 0.6 is 11.6 Å². The summed E-state index contributed by atoms with van der Waals surface area (Å²) in [4.78, 5) is 35.6. The normalized spacial score (nSPS) is 17.2. The zero-order chi connectivity index (χ0) is 21.6. The second-order valence-corrected chi connectivity index (χ2v) is 9.17. The summed E-state index contributed by atoms with van der Waals surface area (Å²) in [6.07, 6.45) is 1.27. The monoisotopic (exact) mass is 447 g/mol. The van der Waals surface area contributed by atoms with Gasteiger partial charge < -0.3 is 11.1 Å². The van der Waals surface area contributed by atoms with Crippen LogP contribution in [-0.2, 0) is 30.2 Å². The molecule has 3 atom stereocenters. The lowest BCUT2D eigenvalue weighted by molar-refractivity contribution is -0.131. The third-order valence-corrected chi connectivity index (χ3v) is 5.96. The number of nitrogens with one attached hydrogen (secondary N) is 2. The second-order valence-electron chi connectivity index (χ2n) is 7.03. The van der Waals surface area contributed by atoms with Gasteiger partial charge in [-0.15, -0.1) is 0 Å². The van der Waals surface area contributed by atoms with E-state index in [1.807, 2.05) is 0 Å². The molecule has 160 valence electrons. The molecule has 0 heterocycles. The number of Topliss-reactive ketones (excluding diaryl/α,β-unsaturated/α-hetero) is 1. The number of rotatable bonds is 12. The van der Waals surface area contributed by atoms with E-state index in [2.05, 4.69) is 10.0 Å². The molecule has 2 amide bonds. The Morgan fingerprint density at radius 2 is 1.79 bits per heavy atom. The molecule has 8 nitrogen and oxygen atoms in total. The van der Waals surface area contributed by atoms with Crippen molar-refractivity contribution < 1.29 is 27.2 Å². The summed E-state index contributed by atoms with van der Waals surface area (Å²) in [6.45, 7) is 0. The van der Waals surface area contributed by atoms with Gasteiger partial charge in [0.05, 0.1) is 12.2 Å². The lowest BCUT2D eigenvalue weighted by atomic mass is 10.1. The molecule has 2 rings (SSSR count). The fraction of sp³-hybridized carbons (Fsp3) is 0.500. The average Bonchev–Trinajstić information content (AvgIpc) is 3.43. The van der Waals surface area contributed by atoms with E-state index in [-0.39, 0.29) is 18.1 Å². The van der Waals surface area contributed by atoms with Crippen LogP contribution in [0.4, 0.5) is 4.39 Å². The number of primary amides is 1. The lowest BCUT2D eigenvalue weighted by Crippen LogP contribution is -2.53. The van der Waals surface area contributed by atoms with Crippen molar-refractivity contribution in [3.8, 4) is 0 Å². The maximum Gasteiger partial charge on any atom is 0.238 e. The van der Waals surface area contributed by atoms with Crippen molar-refractivity contribution in [1.82, 2.24) is 10.0 Å². The van der Waals surface area contributed by atoms with Crippen LogP contribution in [0.25, 0.3) is 0 Å². The Balaban J connectivity index is 2.11. The highest BCUT2D eigenvalue weighted by Gasteiger charge is 2.35. The van der Waals surface area contributed by atoms with E-state index in [0.717, 1.165) is 12.8 Å². The van der Waals surface area contributed by atoms with E-state index in [4.69, 9.17) is 17.3 Å². The molecule has 0 aromatic heterocycles. The van der Waals surface area contributed by atoms with E-state index in [0.29, 0.717) is 5.56 Å². The van der Waals surface area contributed by atoms with Gasteiger partial charge in [-0.3, -0.25) is 14.4 Å². The topological polar surface area (TPSA) is 135 Å². The molecule has 0 bridgehead atoms. The van der Waals surface area contributed by atoms with Crippen molar-refractivity contribution in [2.24, 2.45) is 11.7 Å². The van der Waals surface area contributed by atoms with Crippen LogP contribution in [0.3, 0.4) is 0 Å². The van der Waals surface area contributed by atoms with E-state index >= 15 is 0 Å². The maximum atomic E-state index is 13.2. The molecule has 0 aliphatic heterocycles. The van der Waals surface area contributed by atoms with Crippen molar-refractivity contribution >= 4 is 39.2 Å². The van der Waals surface area contributed by atoms with E-state index < -0.39 is 51.8 Å². The Hall–Kier alpha value is -2.04. The highest BCUT2D eigenvalue weighted by atomic mass is 35.5. The Kier molecular flexibility index (Phi) is 8.12. The fourth-order valence-corrected chi connectivity index (χ4v) is 4.30. The SMILES string of the molecule is NC(=O)CC(NC(=O)[C@H](CC1CC1)NS(=O)(=O)Cc1ccccc1)C(=O)C(F)Cl. The highest BCUT2D eigenvalue weighted by molar-refractivity contribution is 7.88. The molecule has 11 heteroatoms. The van der Waals surface area contributed by atoms with Gasteiger partial charge in [0.25, 0.3) is 0 Å². The van der Waals surface area contributed by atoms with Gasteiger partial charge in [0, 0.05) is 0 Å². The van der Waals surface area contributed by atoms with E-state index in [1.54, 1.807) is 30.3 Å². The van der Waals surface area contributed by atoms with Gasteiger partial charge in [0.2, 0.25) is 33.3 Å². The smallest absolute Gasteiger partial charge is 0.238 e. The van der Waals surface area contributed by atoms with Crippen LogP contribution in [0.1, 0.15) is 31.2 Å². The van der Waals surface area contributed by atoms with Crippen molar-refractivity contribution in [3.05, 3.63) is 35.9 Å². The molecule has 2 unspecified atom stereocenters. The molecule has 1 fully saturated rings. The molecular weight excluding hydrogens is 425 g/mol.